The monoisotopic (exact) mass is 384 g/mol. The lowest BCUT2D eigenvalue weighted by Crippen LogP contribution is -2.14. The molecule has 0 amide bonds. The minimum atomic E-state index is -0.894. The zero-order valence-electron chi connectivity index (χ0n) is 16.9. The van der Waals surface area contributed by atoms with E-state index in [4.69, 9.17) is 4.74 Å². The summed E-state index contributed by atoms with van der Waals surface area (Å²) in [5.41, 5.74) is 3.27. The summed E-state index contributed by atoms with van der Waals surface area (Å²) in [6.07, 6.45) is 10.2. The van der Waals surface area contributed by atoms with Crippen LogP contribution in [0.4, 0.5) is 8.78 Å². The predicted octanol–water partition coefficient (Wildman–Crippen LogP) is 7.35. The first-order chi connectivity index (χ1) is 13.6. The smallest absolute Gasteiger partial charge is 0.201 e. The Balaban J connectivity index is 1.52. The first kappa shape index (κ1) is 20.6. The van der Waals surface area contributed by atoms with Crippen molar-refractivity contribution in [2.24, 2.45) is 5.92 Å². The molecule has 0 bridgehead atoms. The molecule has 0 unspecified atom stereocenters. The van der Waals surface area contributed by atoms with Gasteiger partial charge in [-0.2, -0.15) is 4.39 Å². The second-order valence-corrected chi connectivity index (χ2v) is 7.79. The van der Waals surface area contributed by atoms with Crippen LogP contribution in [0.3, 0.4) is 0 Å². The average molecular weight is 385 g/mol. The van der Waals surface area contributed by atoms with Crippen LogP contribution < -0.4 is 4.74 Å². The highest BCUT2D eigenvalue weighted by Gasteiger charge is 2.23. The summed E-state index contributed by atoms with van der Waals surface area (Å²) in [6, 6.07) is 12.2. The molecule has 0 radical (unpaired) electrons. The van der Waals surface area contributed by atoms with Gasteiger partial charge in [0.15, 0.2) is 11.6 Å². The maximum absolute atomic E-state index is 14.3. The number of aryl methyl sites for hydroxylation is 2. The summed E-state index contributed by atoms with van der Waals surface area (Å²) in [5, 5.41) is 0. The molecule has 150 valence electrons. The average Bonchev–Trinajstić information content (AvgIpc) is 2.74. The SMILES string of the molecule is CC=COc1ccc(CCC2CCC(c3ccc(CC)cc3)CC2)c(F)c1F. The van der Waals surface area contributed by atoms with Crippen molar-refractivity contribution >= 4 is 0 Å². The van der Waals surface area contributed by atoms with Gasteiger partial charge in [-0.3, -0.25) is 0 Å². The first-order valence-corrected chi connectivity index (χ1v) is 10.5. The Morgan fingerprint density at radius 3 is 2.32 bits per heavy atom. The van der Waals surface area contributed by atoms with Crippen LogP contribution in [0.1, 0.15) is 68.6 Å². The number of benzene rings is 2. The van der Waals surface area contributed by atoms with Crippen molar-refractivity contribution in [1.29, 1.82) is 0 Å². The lowest BCUT2D eigenvalue weighted by atomic mass is 9.77. The second-order valence-electron chi connectivity index (χ2n) is 7.79. The summed E-state index contributed by atoms with van der Waals surface area (Å²) >= 11 is 0. The molecular weight excluding hydrogens is 354 g/mol. The van der Waals surface area contributed by atoms with E-state index in [-0.39, 0.29) is 5.75 Å². The highest BCUT2D eigenvalue weighted by atomic mass is 19.2. The van der Waals surface area contributed by atoms with E-state index in [0.717, 1.165) is 25.7 Å². The third kappa shape index (κ3) is 5.01. The normalized spacial score (nSPS) is 19.9. The summed E-state index contributed by atoms with van der Waals surface area (Å²) in [6.45, 7) is 3.94. The molecule has 0 atom stereocenters. The highest BCUT2D eigenvalue weighted by Crippen LogP contribution is 2.38. The Morgan fingerprint density at radius 1 is 0.964 bits per heavy atom. The molecule has 0 spiro atoms. The van der Waals surface area contributed by atoms with Gasteiger partial charge in [-0.15, -0.1) is 0 Å². The van der Waals surface area contributed by atoms with Gasteiger partial charge in [-0.1, -0.05) is 43.3 Å². The molecular formula is C25H30F2O. The molecule has 1 fully saturated rings. The van der Waals surface area contributed by atoms with Crippen molar-refractivity contribution in [1.82, 2.24) is 0 Å². The maximum Gasteiger partial charge on any atom is 0.201 e. The van der Waals surface area contributed by atoms with Gasteiger partial charge in [0.25, 0.3) is 0 Å². The van der Waals surface area contributed by atoms with Gasteiger partial charge in [0.1, 0.15) is 0 Å². The van der Waals surface area contributed by atoms with Crippen LogP contribution in [0.25, 0.3) is 0 Å². The number of hydrogen-bond donors (Lipinski definition) is 0. The van der Waals surface area contributed by atoms with Crippen molar-refractivity contribution in [2.75, 3.05) is 0 Å². The molecule has 2 aromatic rings. The first-order valence-electron chi connectivity index (χ1n) is 10.5. The van der Waals surface area contributed by atoms with Crippen molar-refractivity contribution in [3.63, 3.8) is 0 Å². The van der Waals surface area contributed by atoms with Gasteiger partial charge in [-0.25, -0.2) is 4.39 Å². The predicted molar refractivity (Wildman–Crippen MR) is 111 cm³/mol. The molecule has 2 aromatic carbocycles. The maximum atomic E-state index is 14.3. The van der Waals surface area contributed by atoms with E-state index in [1.54, 1.807) is 19.1 Å². The van der Waals surface area contributed by atoms with E-state index in [1.165, 1.54) is 36.3 Å². The van der Waals surface area contributed by atoms with E-state index < -0.39 is 11.6 Å². The molecule has 28 heavy (non-hydrogen) atoms. The van der Waals surface area contributed by atoms with Crippen LogP contribution in [0, 0.1) is 17.6 Å². The third-order valence-electron chi connectivity index (χ3n) is 5.99. The quantitative estimate of drug-likeness (QED) is 0.454. The Bertz CT molecular complexity index is 787. The van der Waals surface area contributed by atoms with E-state index in [1.807, 2.05) is 0 Å². The van der Waals surface area contributed by atoms with Gasteiger partial charge in [0.2, 0.25) is 5.82 Å². The molecule has 1 nitrogen and oxygen atoms in total. The standard InChI is InChI=1S/C25H30F2O/c1-3-17-28-23-16-15-22(24(26)25(23)27)14-9-19-7-12-21(13-8-19)20-10-5-18(4-2)6-11-20/h3,5-6,10-11,15-17,19,21H,4,7-9,12-14H2,1-2H3. The fourth-order valence-electron chi connectivity index (χ4n) is 4.17. The van der Waals surface area contributed by atoms with Crippen LogP contribution >= 0.6 is 0 Å². The van der Waals surface area contributed by atoms with Gasteiger partial charge < -0.3 is 4.74 Å². The second kappa shape index (κ2) is 9.86. The largest absolute Gasteiger partial charge is 0.462 e. The molecule has 0 aromatic heterocycles. The van der Waals surface area contributed by atoms with Crippen LogP contribution in [0.2, 0.25) is 0 Å². The Morgan fingerprint density at radius 2 is 1.68 bits per heavy atom. The Labute approximate surface area is 167 Å². The van der Waals surface area contributed by atoms with E-state index in [9.17, 15) is 8.78 Å². The van der Waals surface area contributed by atoms with Crippen LogP contribution in [-0.4, -0.2) is 0 Å². The summed E-state index contributed by atoms with van der Waals surface area (Å²) in [4.78, 5) is 0. The minimum Gasteiger partial charge on any atom is -0.462 e. The number of allylic oxidation sites excluding steroid dienone is 1. The molecule has 3 heteroatoms. The number of halogens is 2. The molecule has 1 saturated carbocycles. The molecule has 0 heterocycles. The summed E-state index contributed by atoms with van der Waals surface area (Å²) in [5.74, 6) is -0.498. The zero-order chi connectivity index (χ0) is 19.9. The van der Waals surface area contributed by atoms with Crippen LogP contribution in [-0.2, 0) is 12.8 Å². The van der Waals surface area contributed by atoms with Crippen LogP contribution in [0.15, 0.2) is 48.7 Å². The van der Waals surface area contributed by atoms with Gasteiger partial charge in [-0.05, 0) is 86.5 Å². The Kier molecular flexibility index (Phi) is 7.24. The molecule has 1 aliphatic carbocycles. The van der Waals surface area contributed by atoms with Crippen molar-refractivity contribution in [3.05, 3.63) is 77.1 Å². The van der Waals surface area contributed by atoms with Crippen molar-refractivity contribution in [3.8, 4) is 5.75 Å². The molecule has 3 rings (SSSR count). The fourth-order valence-corrected chi connectivity index (χ4v) is 4.17. The van der Waals surface area contributed by atoms with E-state index in [0.29, 0.717) is 23.8 Å². The molecule has 0 N–H and O–H groups in total. The Hall–Kier alpha value is -2.16. The molecule has 0 aliphatic heterocycles. The topological polar surface area (TPSA) is 9.23 Å². The highest BCUT2D eigenvalue weighted by molar-refractivity contribution is 5.32. The lowest BCUT2D eigenvalue weighted by molar-refractivity contribution is 0.309. The summed E-state index contributed by atoms with van der Waals surface area (Å²) < 4.78 is 33.5. The van der Waals surface area contributed by atoms with Crippen molar-refractivity contribution < 1.29 is 13.5 Å². The van der Waals surface area contributed by atoms with Gasteiger partial charge >= 0.3 is 0 Å². The minimum absolute atomic E-state index is 0.0612. The van der Waals surface area contributed by atoms with Crippen LogP contribution in [0.5, 0.6) is 5.75 Å². The fraction of sp³-hybridized carbons (Fsp3) is 0.440. The van der Waals surface area contributed by atoms with E-state index >= 15 is 0 Å². The number of ether oxygens (including phenoxy) is 1. The molecule has 0 saturated heterocycles. The van der Waals surface area contributed by atoms with E-state index in [2.05, 4.69) is 31.2 Å². The summed E-state index contributed by atoms with van der Waals surface area (Å²) in [7, 11) is 0. The van der Waals surface area contributed by atoms with Crippen molar-refractivity contribution in [2.45, 2.75) is 64.7 Å². The zero-order valence-corrected chi connectivity index (χ0v) is 16.9. The van der Waals surface area contributed by atoms with Gasteiger partial charge in [0.05, 0.1) is 6.26 Å². The number of hydrogen-bond acceptors (Lipinski definition) is 1. The number of rotatable bonds is 7. The molecule has 1 aliphatic rings. The lowest BCUT2D eigenvalue weighted by Gasteiger charge is -2.29. The third-order valence-corrected chi connectivity index (χ3v) is 5.99. The van der Waals surface area contributed by atoms with Gasteiger partial charge in [0, 0.05) is 0 Å².